The van der Waals surface area contributed by atoms with Gasteiger partial charge in [-0.15, -0.1) is 11.6 Å². The van der Waals surface area contributed by atoms with E-state index in [1.807, 2.05) is 50.2 Å². The van der Waals surface area contributed by atoms with Crippen LogP contribution in [0.1, 0.15) is 310 Å². The number of fused-ring (bicyclic) bond motifs is 21. The first-order valence-electron chi connectivity index (χ1n) is 48.2. The lowest BCUT2D eigenvalue weighted by molar-refractivity contribution is -0.197. The van der Waals surface area contributed by atoms with Crippen LogP contribution in [0, 0.1) is 114 Å². The lowest BCUT2D eigenvalue weighted by atomic mass is 9.47. The molecule has 125 heavy (non-hydrogen) atoms. The predicted octanol–water partition coefficient (Wildman–Crippen LogP) is 19.5. The maximum Gasteiger partial charge on any atom is 0.306 e. The van der Waals surface area contributed by atoms with Crippen LogP contribution in [-0.2, 0) is 71.7 Å². The van der Waals surface area contributed by atoms with E-state index in [4.69, 9.17) is 30.5 Å². The summed E-state index contributed by atoms with van der Waals surface area (Å²) in [6.45, 7) is 33.0. The molecule has 19 nitrogen and oxygen atoms in total. The first kappa shape index (κ1) is 95.8. The van der Waals surface area contributed by atoms with Crippen molar-refractivity contribution in [1.29, 1.82) is 0 Å². The number of hydrogen-bond donors (Lipinski definition) is 0. The van der Waals surface area contributed by atoms with Gasteiger partial charge in [0.15, 0.2) is 34.2 Å². The molecule has 25 atom stereocenters. The van der Waals surface area contributed by atoms with Gasteiger partial charge in [0.1, 0.15) is 5.60 Å². The van der Waals surface area contributed by atoms with Crippen LogP contribution < -0.4 is 0 Å². The second-order valence-corrected chi connectivity index (χ2v) is 44.6. The van der Waals surface area contributed by atoms with E-state index >= 15 is 0 Å². The van der Waals surface area contributed by atoms with E-state index < -0.39 is 27.6 Å². The summed E-state index contributed by atoms with van der Waals surface area (Å²) in [6.07, 6.45) is 43.5. The highest BCUT2D eigenvalue weighted by atomic mass is 35.5. The monoisotopic (exact) mass is 1750 g/mol. The number of likely N-dealkylation sites (N-methyl/N-ethyl adjacent to an activating group) is 4. The van der Waals surface area contributed by atoms with Crippen molar-refractivity contribution in [3.63, 3.8) is 0 Å². The number of amides is 4. The number of ketones is 3. The molecule has 20 heteroatoms. The number of ether oxygens (including phenoxy) is 4. The molecule has 0 radical (unpaired) electrons. The summed E-state index contributed by atoms with van der Waals surface area (Å²) < 4.78 is 24.4. The molecule has 15 aliphatic carbocycles. The Morgan fingerprint density at radius 2 is 0.888 bits per heavy atom. The molecule has 0 aromatic heterocycles. The summed E-state index contributed by atoms with van der Waals surface area (Å²) in [6, 6.07) is 0.337. The fourth-order valence-electron chi connectivity index (χ4n) is 31.7. The molecule has 2 aliphatic heterocycles. The van der Waals surface area contributed by atoms with Crippen molar-refractivity contribution >= 4 is 76.5 Å². The van der Waals surface area contributed by atoms with Crippen LogP contribution in [0.4, 0.5) is 0 Å². The Kier molecular flexibility index (Phi) is 26.7. The highest BCUT2D eigenvalue weighted by molar-refractivity contribution is 6.18. The zero-order valence-corrected chi connectivity index (χ0v) is 79.7. The summed E-state index contributed by atoms with van der Waals surface area (Å²) in [5.41, 5.74) is 2.81. The summed E-state index contributed by atoms with van der Waals surface area (Å²) in [5, 5.41) is 0. The van der Waals surface area contributed by atoms with Gasteiger partial charge in [-0.05, 0) is 316 Å². The number of alkyl halides is 1. The Balaban J connectivity index is 0.000000143. The molecule has 0 aromatic rings. The number of nitrogens with zero attached hydrogens (tertiary/aromatic N) is 4. The molecule has 4 amide bonds. The third-order valence-electron chi connectivity index (χ3n) is 38.4. The third kappa shape index (κ3) is 15.1. The highest BCUT2D eigenvalue weighted by Crippen LogP contribution is 2.74. The molecule has 0 bridgehead atoms. The fourth-order valence-corrected chi connectivity index (χ4v) is 31.9. The third-order valence-corrected chi connectivity index (χ3v) is 38.7. The molecule has 0 aromatic carbocycles. The predicted molar refractivity (Wildman–Crippen MR) is 486 cm³/mol. The quantitative estimate of drug-likeness (QED) is 0.0946. The van der Waals surface area contributed by atoms with Crippen LogP contribution in [0.25, 0.3) is 0 Å². The fraction of sp³-hybridized carbons (Fsp3) is 0.762. The SMILES string of the molecule is C.CC(=O)O[C@]1(C(=O)N(C)C)CCC2C3C=C(C)C4=CC(=O)CC[C@]4(C)C3CC[C@@]21C.CCCCN(C)C(=O)[C@@]1(OC(C)=O)CCC2C3C=C(C)C4=CC(=O)CC[C@]4(C)C3CC[C@@]21C.CCN(C)C(=O)[C@@]1(OC(=O)CCCCl)CCC2C3C=C(C)C4=CC(=O)CC[C@]4(C)C3CC[C@@]21C.CN1C(=O)C=C[C@]2(C)C3CC[C@@]4(C)C(CC[C@@]45CCCC(=O)O5)C3CCC12. The number of allylic oxidation sites excluding steroid dienone is 12. The van der Waals surface area contributed by atoms with E-state index in [9.17, 15) is 52.7 Å². The van der Waals surface area contributed by atoms with E-state index in [-0.39, 0.29) is 135 Å². The van der Waals surface area contributed by atoms with Gasteiger partial charge in [-0.2, -0.15) is 0 Å². The molecule has 17 aliphatic rings. The Labute approximate surface area is 752 Å². The lowest BCUT2D eigenvalue weighted by Gasteiger charge is -2.61. The molecule has 9 saturated carbocycles. The van der Waals surface area contributed by atoms with Gasteiger partial charge in [0.25, 0.3) is 17.7 Å². The normalized spacial score (nSPS) is 42.3. The average molecular weight is 1750 g/mol. The number of halogens is 1. The number of carbonyl (C=O) groups is 11. The summed E-state index contributed by atoms with van der Waals surface area (Å²) in [4.78, 5) is 147. The van der Waals surface area contributed by atoms with Crippen molar-refractivity contribution in [2.45, 2.75) is 339 Å². The number of unbranched alkanes of at least 4 members (excludes halogenated alkanes) is 1. The Hall–Kier alpha value is -6.76. The summed E-state index contributed by atoms with van der Waals surface area (Å²) >= 11 is 5.82. The molecular weight excluding hydrogens is 1590 g/mol. The number of carbonyl (C=O) groups excluding carboxylic acids is 11. The topological polar surface area (TPSA) is 238 Å². The first-order chi connectivity index (χ1) is 58.3. The van der Waals surface area contributed by atoms with Gasteiger partial charge in [0.2, 0.25) is 5.91 Å². The van der Waals surface area contributed by atoms with E-state index in [2.05, 4.69) is 107 Å². The minimum absolute atomic E-state index is 0. The van der Waals surface area contributed by atoms with Gasteiger partial charge in [0.05, 0.1) is 0 Å². The zero-order valence-electron chi connectivity index (χ0n) is 79.0. The zero-order chi connectivity index (χ0) is 90.2. The minimum atomic E-state index is -1.13. The summed E-state index contributed by atoms with van der Waals surface area (Å²) in [7, 11) is 9.14. The molecule has 10 fully saturated rings. The van der Waals surface area contributed by atoms with Gasteiger partial charge in [-0.3, -0.25) is 52.7 Å². The number of hydrogen-bond acceptors (Lipinski definition) is 15. The number of esters is 4. The molecular formula is C105H153ClN4O15. The van der Waals surface area contributed by atoms with E-state index in [1.165, 1.54) is 66.5 Å². The van der Waals surface area contributed by atoms with Crippen molar-refractivity contribution in [1.82, 2.24) is 19.6 Å². The largest absolute Gasteiger partial charge is 0.458 e. The second kappa shape index (κ2) is 34.8. The van der Waals surface area contributed by atoms with Gasteiger partial charge < -0.3 is 38.5 Å². The Morgan fingerprint density at radius 3 is 1.30 bits per heavy atom. The Bertz CT molecular complexity index is 4570. The molecule has 2 heterocycles. The molecule has 13 unspecified atom stereocenters. The van der Waals surface area contributed by atoms with Crippen molar-refractivity contribution in [3.05, 3.63) is 82.0 Å². The maximum atomic E-state index is 13.9. The highest BCUT2D eigenvalue weighted by Gasteiger charge is 2.74. The van der Waals surface area contributed by atoms with Crippen molar-refractivity contribution in [3.8, 4) is 0 Å². The van der Waals surface area contributed by atoms with Crippen molar-refractivity contribution < 1.29 is 71.7 Å². The average Bonchev–Trinajstić information content (AvgIpc) is 1.63. The molecule has 0 N–H and O–H groups in total. The second-order valence-electron chi connectivity index (χ2n) is 44.2. The Morgan fingerprint density at radius 1 is 0.480 bits per heavy atom. The first-order valence-corrected chi connectivity index (χ1v) is 48.7. The van der Waals surface area contributed by atoms with Crippen molar-refractivity contribution in [2.24, 2.45) is 114 Å². The molecule has 1 spiro atoms. The van der Waals surface area contributed by atoms with Crippen molar-refractivity contribution in [2.75, 3.05) is 54.2 Å². The smallest absolute Gasteiger partial charge is 0.306 e. The van der Waals surface area contributed by atoms with Crippen LogP contribution in [0.5, 0.6) is 0 Å². The molecule has 17 rings (SSSR count). The maximum absolute atomic E-state index is 13.9. The van der Waals surface area contributed by atoms with Gasteiger partial charge in [-0.1, -0.05) is 117 Å². The van der Waals surface area contributed by atoms with E-state index in [1.54, 1.807) is 35.8 Å². The molecule has 690 valence electrons. The number of rotatable bonds is 13. The van der Waals surface area contributed by atoms with E-state index in [0.29, 0.717) is 130 Å². The van der Waals surface area contributed by atoms with Crippen LogP contribution in [0.15, 0.2) is 82.0 Å². The summed E-state index contributed by atoms with van der Waals surface area (Å²) in [5.74, 6) is 5.19. The van der Waals surface area contributed by atoms with Crippen LogP contribution >= 0.6 is 11.6 Å². The lowest BCUT2D eigenvalue weighted by Crippen LogP contribution is -2.61. The van der Waals surface area contributed by atoms with Crippen LogP contribution in [-0.4, -0.2) is 167 Å². The van der Waals surface area contributed by atoms with E-state index in [0.717, 1.165) is 122 Å². The minimum Gasteiger partial charge on any atom is -0.458 e. The van der Waals surface area contributed by atoms with Gasteiger partial charge in [-0.25, -0.2) is 0 Å². The van der Waals surface area contributed by atoms with Crippen LogP contribution in [0.2, 0.25) is 0 Å². The molecule has 1 saturated heterocycles. The van der Waals surface area contributed by atoms with Gasteiger partial charge >= 0.3 is 23.9 Å². The standard InChI is InChI=1S/C28H40ClNO4.C28H41NO4.C25H35NO4.C23H33NO3.CH4/c1-6-30(5)25(33)28(34-24(32)8-7-15-29)14-11-22-20-16-18(2)23-17-19(31)9-12-26(23,3)21(20)10-13-27(22,28)4;1-7-8-15-29(6)25(32)28(33-19(3)30)14-11-23-21-16-18(2)24-17-20(31)9-12-26(24,4)22(21)10-13-27(23,28)5;1-15-13-18-19(23(3)10-7-17(28)14-21(15)23)8-11-24(4)20(18)9-12-25(24,30-16(2)27)22(29)26(5)6;1-21-12-10-19(25)24(3)18(21)7-6-15-16(21)8-13-22(2)17(15)9-14-23(22)11-4-5-20(26)27-23;/h16-17,20-22H,6-15H2,1-5H3;16-17,21-23H,7-15H2,1-6H3;13-14,18-20H,7-12H2,1-6H3;10,12,15-18H,4-9,11,13-14H2,1-3H3;1H4/t20?,21?,22?,26-,27+,28+;21?,22?,23?,26-,27+,28+;18?,19?,20?,23-,24+,25+;15?,16?,17?,18?,21-,22+,23+;/m1111./s1. The van der Waals surface area contributed by atoms with Crippen LogP contribution in [0.3, 0.4) is 0 Å². The van der Waals surface area contributed by atoms with Gasteiger partial charge in [0, 0.05) is 133 Å².